The van der Waals surface area contributed by atoms with Crippen molar-refractivity contribution in [3.63, 3.8) is 0 Å². The Bertz CT molecular complexity index is 451. The molecule has 1 atom stereocenters. The van der Waals surface area contributed by atoms with Crippen LogP contribution >= 0.6 is 0 Å². The summed E-state index contributed by atoms with van der Waals surface area (Å²) in [5, 5.41) is 3.12. The van der Waals surface area contributed by atoms with Crippen LogP contribution in [-0.4, -0.2) is 12.0 Å². The van der Waals surface area contributed by atoms with E-state index in [2.05, 4.69) is 17.2 Å². The molecule has 20 heavy (non-hydrogen) atoms. The Hall–Kier alpha value is -1.10. The minimum atomic E-state index is -4.33. The highest BCUT2D eigenvalue weighted by atomic mass is 19.4. The molecule has 1 aliphatic carbocycles. The van der Waals surface area contributed by atoms with E-state index in [9.17, 15) is 13.2 Å². The van der Waals surface area contributed by atoms with Gasteiger partial charge in [-0.2, -0.15) is 13.2 Å². The predicted molar refractivity (Wildman–Crippen MR) is 72.2 cm³/mol. The molecule has 1 aromatic rings. The number of pyridine rings is 1. The van der Waals surface area contributed by atoms with Crippen LogP contribution in [0.1, 0.15) is 56.2 Å². The first-order chi connectivity index (χ1) is 9.44. The summed E-state index contributed by atoms with van der Waals surface area (Å²) in [5.74, 6) is 0. The van der Waals surface area contributed by atoms with Crippen molar-refractivity contribution in [2.24, 2.45) is 5.41 Å². The lowest BCUT2D eigenvalue weighted by molar-refractivity contribution is -0.138. The highest BCUT2D eigenvalue weighted by Crippen LogP contribution is 2.51. The second-order valence-electron chi connectivity index (χ2n) is 5.61. The van der Waals surface area contributed by atoms with Gasteiger partial charge in [0.15, 0.2) is 0 Å². The summed E-state index contributed by atoms with van der Waals surface area (Å²) in [6.07, 6.45) is 3.27. The lowest BCUT2D eigenvalue weighted by Crippen LogP contribution is -2.35. The molecule has 1 N–H and O–H groups in total. The van der Waals surface area contributed by atoms with E-state index in [0.717, 1.165) is 38.2 Å². The predicted octanol–water partition coefficient (Wildman–Crippen LogP) is 4.33. The normalized spacial score (nSPS) is 20.1. The van der Waals surface area contributed by atoms with Crippen LogP contribution in [-0.2, 0) is 6.18 Å². The molecular formula is C15H21F3N2. The lowest BCUT2D eigenvalue weighted by Gasteiger charge is -2.38. The number of rotatable bonds is 4. The van der Waals surface area contributed by atoms with Crippen molar-refractivity contribution in [2.75, 3.05) is 7.05 Å². The standard InChI is InChI=1S/C15H21F3N2/c1-3-14(7-4-5-8-14)13(19-2)11-10-20-9-6-12(11)15(16,17)18/h6,9-10,13,19H,3-5,7-8H2,1-2H3. The smallest absolute Gasteiger partial charge is 0.312 e. The number of alkyl halides is 3. The van der Waals surface area contributed by atoms with Crippen molar-refractivity contribution in [3.05, 3.63) is 29.6 Å². The number of halogens is 3. The summed E-state index contributed by atoms with van der Waals surface area (Å²) in [4.78, 5) is 3.92. The first-order valence-electron chi connectivity index (χ1n) is 7.13. The molecule has 0 radical (unpaired) electrons. The first kappa shape index (κ1) is 15.3. The van der Waals surface area contributed by atoms with Gasteiger partial charge in [-0.05, 0) is 37.8 Å². The first-order valence-corrected chi connectivity index (χ1v) is 7.13. The van der Waals surface area contributed by atoms with Gasteiger partial charge in [0, 0.05) is 24.0 Å². The fourth-order valence-corrected chi connectivity index (χ4v) is 3.61. The summed E-state index contributed by atoms with van der Waals surface area (Å²) in [7, 11) is 1.74. The Morgan fingerprint density at radius 2 is 2.00 bits per heavy atom. The molecular weight excluding hydrogens is 265 g/mol. The molecule has 1 aromatic heterocycles. The number of aromatic nitrogens is 1. The van der Waals surface area contributed by atoms with Gasteiger partial charge in [0.2, 0.25) is 0 Å². The van der Waals surface area contributed by atoms with E-state index in [0.29, 0.717) is 0 Å². The molecule has 1 fully saturated rings. The Morgan fingerprint density at radius 3 is 2.50 bits per heavy atom. The SMILES string of the molecule is CCC1(C(NC)c2cnccc2C(F)(F)F)CCCC1. The molecule has 0 saturated heterocycles. The van der Waals surface area contributed by atoms with Crippen LogP contribution in [0, 0.1) is 5.41 Å². The maximum atomic E-state index is 13.2. The second kappa shape index (κ2) is 5.72. The highest BCUT2D eigenvalue weighted by molar-refractivity contribution is 5.31. The molecule has 1 unspecified atom stereocenters. The quantitative estimate of drug-likeness (QED) is 0.891. The Morgan fingerprint density at radius 1 is 1.35 bits per heavy atom. The molecule has 112 valence electrons. The van der Waals surface area contributed by atoms with Gasteiger partial charge in [-0.1, -0.05) is 19.8 Å². The minimum absolute atomic E-state index is 0.0855. The zero-order valence-electron chi connectivity index (χ0n) is 11.9. The fraction of sp³-hybridized carbons (Fsp3) is 0.667. The fourth-order valence-electron chi connectivity index (χ4n) is 3.61. The minimum Gasteiger partial charge on any atom is -0.312 e. The average Bonchev–Trinajstić information content (AvgIpc) is 2.89. The van der Waals surface area contributed by atoms with Crippen LogP contribution in [0.4, 0.5) is 13.2 Å². The summed E-state index contributed by atoms with van der Waals surface area (Å²) < 4.78 is 39.6. The molecule has 2 rings (SSSR count). The van der Waals surface area contributed by atoms with Crippen molar-refractivity contribution in [3.8, 4) is 0 Å². The Balaban J connectivity index is 2.47. The molecule has 5 heteroatoms. The maximum absolute atomic E-state index is 13.2. The van der Waals surface area contributed by atoms with Crippen molar-refractivity contribution in [1.29, 1.82) is 0 Å². The van der Waals surface area contributed by atoms with Crippen LogP contribution in [0.2, 0.25) is 0 Å². The monoisotopic (exact) mass is 286 g/mol. The van der Waals surface area contributed by atoms with E-state index in [-0.39, 0.29) is 17.0 Å². The number of hydrogen-bond acceptors (Lipinski definition) is 2. The molecule has 0 aromatic carbocycles. The summed E-state index contributed by atoms with van der Waals surface area (Å²) in [6.45, 7) is 2.07. The third kappa shape index (κ3) is 2.68. The number of nitrogens with zero attached hydrogens (tertiary/aromatic N) is 1. The van der Waals surface area contributed by atoms with Crippen LogP contribution in [0.5, 0.6) is 0 Å². The van der Waals surface area contributed by atoms with E-state index in [1.807, 2.05) is 0 Å². The number of hydrogen-bond donors (Lipinski definition) is 1. The molecule has 0 amide bonds. The molecule has 0 spiro atoms. The zero-order chi connectivity index (χ0) is 14.8. The van der Waals surface area contributed by atoms with Gasteiger partial charge >= 0.3 is 6.18 Å². The van der Waals surface area contributed by atoms with E-state index in [4.69, 9.17) is 0 Å². The van der Waals surface area contributed by atoms with E-state index in [1.165, 1.54) is 12.4 Å². The van der Waals surface area contributed by atoms with E-state index in [1.54, 1.807) is 7.05 Å². The average molecular weight is 286 g/mol. The van der Waals surface area contributed by atoms with E-state index >= 15 is 0 Å². The van der Waals surface area contributed by atoms with Crippen molar-refractivity contribution in [1.82, 2.24) is 10.3 Å². The number of nitrogens with one attached hydrogen (secondary N) is 1. The topological polar surface area (TPSA) is 24.9 Å². The van der Waals surface area contributed by atoms with Crippen molar-refractivity contribution < 1.29 is 13.2 Å². The van der Waals surface area contributed by atoms with Gasteiger partial charge in [-0.25, -0.2) is 0 Å². The van der Waals surface area contributed by atoms with Crippen LogP contribution in [0.3, 0.4) is 0 Å². The molecule has 1 heterocycles. The van der Waals surface area contributed by atoms with Crippen LogP contribution in [0.15, 0.2) is 18.5 Å². The van der Waals surface area contributed by atoms with Crippen molar-refractivity contribution >= 4 is 0 Å². The molecule has 0 bridgehead atoms. The zero-order valence-corrected chi connectivity index (χ0v) is 11.9. The largest absolute Gasteiger partial charge is 0.416 e. The molecule has 1 saturated carbocycles. The Kier molecular flexibility index (Phi) is 4.37. The highest BCUT2D eigenvalue weighted by Gasteiger charge is 2.44. The summed E-state index contributed by atoms with van der Waals surface area (Å²) in [6, 6.07) is 0.790. The summed E-state index contributed by atoms with van der Waals surface area (Å²) >= 11 is 0. The molecule has 0 aliphatic heterocycles. The molecule has 1 aliphatic rings. The summed E-state index contributed by atoms with van der Waals surface area (Å²) in [5.41, 5.74) is -0.365. The van der Waals surface area contributed by atoms with Gasteiger partial charge in [0.25, 0.3) is 0 Å². The molecule has 2 nitrogen and oxygen atoms in total. The van der Waals surface area contributed by atoms with Gasteiger partial charge in [-0.3, -0.25) is 4.98 Å². The third-order valence-corrected chi connectivity index (χ3v) is 4.67. The lowest BCUT2D eigenvalue weighted by atomic mass is 9.73. The maximum Gasteiger partial charge on any atom is 0.416 e. The van der Waals surface area contributed by atoms with Crippen LogP contribution < -0.4 is 5.32 Å². The van der Waals surface area contributed by atoms with Gasteiger partial charge in [-0.15, -0.1) is 0 Å². The van der Waals surface area contributed by atoms with Crippen LogP contribution in [0.25, 0.3) is 0 Å². The Labute approximate surface area is 117 Å². The van der Waals surface area contributed by atoms with E-state index < -0.39 is 11.7 Å². The van der Waals surface area contributed by atoms with Gasteiger partial charge in [0.1, 0.15) is 0 Å². The van der Waals surface area contributed by atoms with Gasteiger partial charge < -0.3 is 5.32 Å². The van der Waals surface area contributed by atoms with Crippen molar-refractivity contribution in [2.45, 2.75) is 51.2 Å². The third-order valence-electron chi connectivity index (χ3n) is 4.67. The van der Waals surface area contributed by atoms with Gasteiger partial charge in [0.05, 0.1) is 5.56 Å². The second-order valence-corrected chi connectivity index (χ2v) is 5.61.